The molecule has 0 saturated carbocycles. The molecule has 0 spiro atoms. The van der Waals surface area contributed by atoms with Crippen LogP contribution in [0.2, 0.25) is 0 Å². The zero-order valence-corrected chi connectivity index (χ0v) is 19.5. The Balaban J connectivity index is 1.68. The van der Waals surface area contributed by atoms with Crippen LogP contribution in [0, 0.1) is 5.92 Å². The first-order valence-corrected chi connectivity index (χ1v) is 11.4. The van der Waals surface area contributed by atoms with Gasteiger partial charge in [0.15, 0.2) is 10.8 Å². The second-order valence-corrected chi connectivity index (χ2v) is 8.51. The van der Waals surface area contributed by atoms with Crippen LogP contribution in [0.4, 0.5) is 30.2 Å². The Hall–Kier alpha value is -3.05. The number of thiocarbonyl (C=S) groups is 1. The number of benzene rings is 2. The Labute approximate surface area is 198 Å². The molecule has 0 bridgehead atoms. The van der Waals surface area contributed by atoms with Crippen molar-refractivity contribution in [3.8, 4) is 0 Å². The SMILES string of the molecule is CCC(C)Cc1ccc(C(F)(F)F)cc1NC(=S)Nc1ccc(NC(=O)c2csnn2)cc1. The lowest BCUT2D eigenvalue weighted by Crippen LogP contribution is -2.21. The van der Waals surface area contributed by atoms with Gasteiger partial charge in [0.1, 0.15) is 0 Å². The number of halogens is 3. The van der Waals surface area contributed by atoms with Crippen LogP contribution in [0.25, 0.3) is 0 Å². The number of carbonyl (C=O) groups excluding carboxylic acids is 1. The first-order chi connectivity index (χ1) is 15.7. The molecule has 3 N–H and O–H groups in total. The van der Waals surface area contributed by atoms with E-state index in [1.165, 1.54) is 6.07 Å². The predicted molar refractivity (Wildman–Crippen MR) is 129 cm³/mol. The maximum Gasteiger partial charge on any atom is 0.416 e. The van der Waals surface area contributed by atoms with E-state index in [4.69, 9.17) is 12.2 Å². The number of nitrogens with zero attached hydrogens (tertiary/aromatic N) is 2. The predicted octanol–water partition coefficient (Wildman–Crippen LogP) is 6.21. The number of aromatic nitrogens is 2. The second kappa shape index (κ2) is 10.7. The molecule has 0 aliphatic carbocycles. The zero-order chi connectivity index (χ0) is 24.0. The average molecular weight is 494 g/mol. The van der Waals surface area contributed by atoms with Crippen LogP contribution in [0.5, 0.6) is 0 Å². The first kappa shape index (κ1) is 24.6. The summed E-state index contributed by atoms with van der Waals surface area (Å²) in [4.78, 5) is 12.0. The van der Waals surface area contributed by atoms with Gasteiger partial charge in [0, 0.05) is 22.4 Å². The summed E-state index contributed by atoms with van der Waals surface area (Å²) >= 11 is 6.41. The van der Waals surface area contributed by atoms with Crippen LogP contribution in [0.3, 0.4) is 0 Å². The van der Waals surface area contributed by atoms with E-state index in [9.17, 15) is 18.0 Å². The largest absolute Gasteiger partial charge is 0.416 e. The highest BCUT2D eigenvalue weighted by Crippen LogP contribution is 2.33. The smallest absolute Gasteiger partial charge is 0.332 e. The Bertz CT molecular complexity index is 1100. The molecule has 174 valence electrons. The van der Waals surface area contributed by atoms with Gasteiger partial charge in [0.05, 0.1) is 5.56 Å². The van der Waals surface area contributed by atoms with E-state index in [-0.39, 0.29) is 16.7 Å². The summed E-state index contributed by atoms with van der Waals surface area (Å²) in [5, 5.41) is 14.0. The number of carbonyl (C=O) groups is 1. The zero-order valence-electron chi connectivity index (χ0n) is 17.9. The quantitative estimate of drug-likeness (QED) is 0.340. The van der Waals surface area contributed by atoms with Crippen molar-refractivity contribution in [2.45, 2.75) is 32.9 Å². The van der Waals surface area contributed by atoms with Gasteiger partial charge in [-0.2, -0.15) is 13.2 Å². The number of nitrogens with one attached hydrogen (secondary N) is 3. The van der Waals surface area contributed by atoms with Crippen LogP contribution >= 0.6 is 23.8 Å². The van der Waals surface area contributed by atoms with Gasteiger partial charge in [-0.1, -0.05) is 30.8 Å². The van der Waals surface area contributed by atoms with Crippen molar-refractivity contribution < 1.29 is 18.0 Å². The fourth-order valence-electron chi connectivity index (χ4n) is 2.95. The normalized spacial score (nSPS) is 12.2. The van der Waals surface area contributed by atoms with Gasteiger partial charge in [-0.15, -0.1) is 5.10 Å². The molecule has 2 aromatic carbocycles. The molecule has 1 amide bonds. The third-order valence-electron chi connectivity index (χ3n) is 4.94. The molecule has 0 radical (unpaired) electrons. The first-order valence-electron chi connectivity index (χ1n) is 10.1. The van der Waals surface area contributed by atoms with Gasteiger partial charge >= 0.3 is 6.18 Å². The number of hydrogen-bond donors (Lipinski definition) is 3. The Kier molecular flexibility index (Phi) is 7.98. The average Bonchev–Trinajstić information content (AvgIpc) is 3.30. The van der Waals surface area contributed by atoms with Crippen LogP contribution in [0.15, 0.2) is 47.8 Å². The molecule has 3 rings (SSSR count). The Morgan fingerprint density at radius 2 is 1.76 bits per heavy atom. The molecule has 0 aliphatic rings. The van der Waals surface area contributed by atoms with Gasteiger partial charge < -0.3 is 16.0 Å². The topological polar surface area (TPSA) is 78.9 Å². The third-order valence-corrected chi connectivity index (χ3v) is 5.65. The third kappa shape index (κ3) is 6.96. The molecule has 0 fully saturated rings. The van der Waals surface area contributed by atoms with E-state index >= 15 is 0 Å². The van der Waals surface area contributed by atoms with Crippen LogP contribution in [0.1, 0.15) is 41.9 Å². The van der Waals surface area contributed by atoms with Crippen molar-refractivity contribution in [3.05, 3.63) is 64.7 Å². The molecular formula is C22H22F3N5OS2. The number of rotatable bonds is 7. The molecule has 1 unspecified atom stereocenters. The summed E-state index contributed by atoms with van der Waals surface area (Å²) in [6.07, 6.45) is -2.91. The Morgan fingerprint density at radius 3 is 2.33 bits per heavy atom. The van der Waals surface area contributed by atoms with Gasteiger partial charge in [-0.3, -0.25) is 4.79 Å². The minimum Gasteiger partial charge on any atom is -0.332 e. The summed E-state index contributed by atoms with van der Waals surface area (Å²) in [6, 6.07) is 10.4. The molecule has 1 aromatic heterocycles. The van der Waals surface area contributed by atoms with Crippen molar-refractivity contribution in [2.24, 2.45) is 5.92 Å². The van der Waals surface area contributed by atoms with Gasteiger partial charge in [-0.05, 0) is 78.1 Å². The fraction of sp³-hybridized carbons (Fsp3) is 0.273. The molecule has 1 atom stereocenters. The maximum atomic E-state index is 13.2. The van der Waals surface area contributed by atoms with Gasteiger partial charge in [0.2, 0.25) is 0 Å². The monoisotopic (exact) mass is 493 g/mol. The highest BCUT2D eigenvalue weighted by Gasteiger charge is 2.31. The number of amides is 1. The van der Waals surface area contributed by atoms with Crippen molar-refractivity contribution in [1.82, 2.24) is 9.59 Å². The standard InChI is InChI=1S/C22H22F3N5OS2/c1-3-13(2)10-14-4-5-15(22(23,24)25)11-18(14)28-21(32)27-17-8-6-16(7-9-17)26-20(31)19-12-33-30-29-19/h4-9,11-13H,3,10H2,1-2H3,(H,26,31)(H2,27,28,32). The van der Waals surface area contributed by atoms with Crippen LogP contribution in [-0.4, -0.2) is 20.6 Å². The molecule has 11 heteroatoms. The molecule has 0 aliphatic heterocycles. The van der Waals surface area contributed by atoms with E-state index in [2.05, 4.69) is 25.5 Å². The van der Waals surface area contributed by atoms with E-state index in [1.807, 2.05) is 13.8 Å². The summed E-state index contributed by atoms with van der Waals surface area (Å²) in [7, 11) is 0. The maximum absolute atomic E-state index is 13.2. The molecular weight excluding hydrogens is 471 g/mol. The highest BCUT2D eigenvalue weighted by atomic mass is 32.1. The lowest BCUT2D eigenvalue weighted by atomic mass is 9.96. The summed E-state index contributed by atoms with van der Waals surface area (Å²) < 4.78 is 43.3. The second-order valence-electron chi connectivity index (χ2n) is 7.49. The Morgan fingerprint density at radius 1 is 1.09 bits per heavy atom. The van der Waals surface area contributed by atoms with Crippen LogP contribution < -0.4 is 16.0 Å². The number of hydrogen-bond acceptors (Lipinski definition) is 5. The summed E-state index contributed by atoms with van der Waals surface area (Å²) in [5.74, 6) is -0.0633. The van der Waals surface area contributed by atoms with Gasteiger partial charge in [-0.25, -0.2) is 0 Å². The lowest BCUT2D eigenvalue weighted by Gasteiger charge is -2.18. The molecule has 33 heavy (non-hydrogen) atoms. The van der Waals surface area contributed by atoms with E-state index in [0.717, 1.165) is 35.6 Å². The molecule has 0 saturated heterocycles. The molecule has 3 aromatic rings. The van der Waals surface area contributed by atoms with Crippen molar-refractivity contribution in [3.63, 3.8) is 0 Å². The van der Waals surface area contributed by atoms with Crippen molar-refractivity contribution in [1.29, 1.82) is 0 Å². The van der Waals surface area contributed by atoms with Crippen molar-refractivity contribution >= 4 is 51.8 Å². The van der Waals surface area contributed by atoms with Gasteiger partial charge in [0.25, 0.3) is 5.91 Å². The molecule has 1 heterocycles. The minimum absolute atomic E-state index is 0.157. The van der Waals surface area contributed by atoms with E-state index < -0.39 is 11.7 Å². The van der Waals surface area contributed by atoms with E-state index in [1.54, 1.807) is 29.6 Å². The lowest BCUT2D eigenvalue weighted by molar-refractivity contribution is -0.137. The number of alkyl halides is 3. The molecule has 6 nitrogen and oxygen atoms in total. The van der Waals surface area contributed by atoms with Crippen LogP contribution in [-0.2, 0) is 12.6 Å². The van der Waals surface area contributed by atoms with E-state index in [0.29, 0.717) is 29.4 Å². The minimum atomic E-state index is -4.45. The van der Waals surface area contributed by atoms with Crippen molar-refractivity contribution in [2.75, 3.05) is 16.0 Å². The fourth-order valence-corrected chi connectivity index (χ4v) is 3.61. The summed E-state index contributed by atoms with van der Waals surface area (Å²) in [6.45, 7) is 4.08. The highest BCUT2D eigenvalue weighted by molar-refractivity contribution is 7.80. The number of anilines is 3. The summed E-state index contributed by atoms with van der Waals surface area (Å²) in [5.41, 5.74) is 1.72.